The van der Waals surface area contributed by atoms with Crippen LogP contribution in [0.4, 0.5) is 5.95 Å². The molecule has 0 saturated carbocycles. The fraction of sp³-hybridized carbons (Fsp3) is 0.258. The quantitative estimate of drug-likeness (QED) is 0.113. The molecule has 1 aromatic heterocycles. The molecule has 1 amide bonds. The van der Waals surface area contributed by atoms with Crippen molar-refractivity contribution in [2.24, 2.45) is 0 Å². The van der Waals surface area contributed by atoms with Crippen LogP contribution < -0.4 is 19.1 Å². The van der Waals surface area contributed by atoms with Gasteiger partial charge in [0.25, 0.3) is 5.78 Å². The number of rotatable bonds is 10. The lowest BCUT2D eigenvalue weighted by molar-refractivity contribution is -0.132. The summed E-state index contributed by atoms with van der Waals surface area (Å²) in [6.45, 7) is 2.73. The Kier molecular flexibility index (Phi) is 7.72. The minimum absolute atomic E-state index is 0.0482. The molecule has 1 aliphatic heterocycles. The van der Waals surface area contributed by atoms with Crippen molar-refractivity contribution < 1.29 is 28.9 Å². The highest BCUT2D eigenvalue weighted by molar-refractivity contribution is 6.51. The average Bonchev–Trinajstić information content (AvgIpc) is 3.52. The number of aliphatic hydroxyl groups is 1. The second kappa shape index (κ2) is 11.5. The van der Waals surface area contributed by atoms with Crippen molar-refractivity contribution in [3.63, 3.8) is 0 Å². The fourth-order valence-electron chi connectivity index (χ4n) is 4.80. The van der Waals surface area contributed by atoms with Gasteiger partial charge in [-0.2, -0.15) is 0 Å². The van der Waals surface area contributed by atoms with Gasteiger partial charge < -0.3 is 24.3 Å². The van der Waals surface area contributed by atoms with Gasteiger partial charge in [-0.15, -0.1) is 0 Å². The molecule has 0 aliphatic carbocycles. The molecular weight excluding hydrogens is 510 g/mol. The number of ketones is 1. The van der Waals surface area contributed by atoms with Gasteiger partial charge in [-0.1, -0.05) is 31.9 Å². The molecule has 9 heteroatoms. The summed E-state index contributed by atoms with van der Waals surface area (Å²) in [6, 6.07) is 18.2. The van der Waals surface area contributed by atoms with Crippen molar-refractivity contribution in [1.29, 1.82) is 0 Å². The van der Waals surface area contributed by atoms with Gasteiger partial charge in [0.05, 0.1) is 43.5 Å². The van der Waals surface area contributed by atoms with Crippen molar-refractivity contribution in [3.8, 4) is 17.2 Å². The smallest absolute Gasteiger partial charge is 0.302 e. The molecule has 40 heavy (non-hydrogen) atoms. The minimum Gasteiger partial charge on any atom is -0.507 e. The SMILES string of the molecule is CCCCCOc1ccc(/C(O)=C2\C(=O)C(=O)N(c3nc4ccc(OC)cc4[nH]3)C2c2cccc(OC)c2)cc1. The lowest BCUT2D eigenvalue weighted by atomic mass is 9.95. The van der Waals surface area contributed by atoms with Gasteiger partial charge in [-0.05, 0) is 60.5 Å². The maximum atomic E-state index is 13.5. The Hall–Kier alpha value is -4.79. The van der Waals surface area contributed by atoms with Crippen LogP contribution >= 0.6 is 0 Å². The molecule has 2 N–H and O–H groups in total. The van der Waals surface area contributed by atoms with E-state index < -0.39 is 17.7 Å². The van der Waals surface area contributed by atoms with Gasteiger partial charge in [-0.25, -0.2) is 4.98 Å². The number of Topliss-reactive ketones (excluding diaryl/α,β-unsaturated/α-hetero) is 1. The van der Waals surface area contributed by atoms with E-state index in [4.69, 9.17) is 14.2 Å². The van der Waals surface area contributed by atoms with Gasteiger partial charge in [-0.3, -0.25) is 14.5 Å². The van der Waals surface area contributed by atoms with Crippen molar-refractivity contribution in [2.45, 2.75) is 32.2 Å². The van der Waals surface area contributed by atoms with E-state index >= 15 is 0 Å². The molecule has 0 radical (unpaired) electrons. The van der Waals surface area contributed by atoms with Crippen molar-refractivity contribution in [1.82, 2.24) is 9.97 Å². The van der Waals surface area contributed by atoms with Crippen LogP contribution in [0.25, 0.3) is 16.8 Å². The van der Waals surface area contributed by atoms with Crippen molar-refractivity contribution >= 4 is 34.4 Å². The van der Waals surface area contributed by atoms with E-state index in [1.54, 1.807) is 73.8 Å². The van der Waals surface area contributed by atoms with Crippen LogP contribution in [0.1, 0.15) is 43.4 Å². The predicted octanol–water partition coefficient (Wildman–Crippen LogP) is 5.78. The molecule has 206 valence electrons. The number of aliphatic hydroxyl groups excluding tert-OH is 1. The Balaban J connectivity index is 1.58. The number of fused-ring (bicyclic) bond motifs is 1. The molecule has 3 aromatic carbocycles. The van der Waals surface area contributed by atoms with Crippen LogP contribution in [0.2, 0.25) is 0 Å². The molecule has 1 fully saturated rings. The molecule has 0 bridgehead atoms. The number of benzene rings is 3. The first-order valence-corrected chi connectivity index (χ1v) is 13.2. The minimum atomic E-state index is -0.956. The molecule has 0 spiro atoms. The predicted molar refractivity (Wildman–Crippen MR) is 152 cm³/mol. The summed E-state index contributed by atoms with van der Waals surface area (Å²) in [4.78, 5) is 36.0. The number of ether oxygens (including phenoxy) is 3. The normalized spacial score (nSPS) is 16.5. The number of nitrogens with one attached hydrogen (secondary N) is 1. The number of hydrogen-bond acceptors (Lipinski definition) is 7. The lowest BCUT2D eigenvalue weighted by Crippen LogP contribution is -2.30. The first-order valence-electron chi connectivity index (χ1n) is 13.2. The zero-order valence-electron chi connectivity index (χ0n) is 22.6. The van der Waals surface area contributed by atoms with Crippen molar-refractivity contribution in [2.75, 3.05) is 25.7 Å². The lowest BCUT2D eigenvalue weighted by Gasteiger charge is -2.23. The molecule has 1 saturated heterocycles. The number of imidazole rings is 1. The number of nitrogens with zero attached hydrogens (tertiary/aromatic N) is 2. The molecule has 9 nitrogen and oxygen atoms in total. The molecule has 1 unspecified atom stereocenters. The first-order chi connectivity index (χ1) is 19.4. The van der Waals surface area contributed by atoms with Gasteiger partial charge >= 0.3 is 5.91 Å². The topological polar surface area (TPSA) is 114 Å². The zero-order chi connectivity index (χ0) is 28.2. The van der Waals surface area contributed by atoms with Gasteiger partial charge in [0.1, 0.15) is 23.0 Å². The number of anilines is 1. The van der Waals surface area contributed by atoms with Crippen LogP contribution in [0.15, 0.2) is 72.3 Å². The Morgan fingerprint density at radius 1 is 0.950 bits per heavy atom. The third kappa shape index (κ3) is 5.10. The first kappa shape index (κ1) is 26.8. The van der Waals surface area contributed by atoms with Gasteiger partial charge in [0.15, 0.2) is 0 Å². The van der Waals surface area contributed by atoms with Crippen LogP contribution in [0.5, 0.6) is 17.2 Å². The average molecular weight is 542 g/mol. The van der Waals surface area contributed by atoms with E-state index in [2.05, 4.69) is 16.9 Å². The van der Waals surface area contributed by atoms with E-state index in [0.29, 0.717) is 46.0 Å². The molecule has 4 aromatic rings. The van der Waals surface area contributed by atoms with E-state index in [9.17, 15) is 14.7 Å². The Morgan fingerprint density at radius 2 is 1.68 bits per heavy atom. The number of carbonyl (C=O) groups excluding carboxylic acids is 2. The number of methoxy groups -OCH3 is 2. The highest BCUT2D eigenvalue weighted by atomic mass is 16.5. The number of amides is 1. The van der Waals surface area contributed by atoms with E-state index in [-0.39, 0.29) is 17.3 Å². The second-order valence-corrected chi connectivity index (χ2v) is 9.47. The summed E-state index contributed by atoms with van der Waals surface area (Å²) >= 11 is 0. The standard InChI is InChI=1S/C31H31N3O6/c1-4-5-6-16-40-21-12-10-19(11-13-21)28(35)26-27(20-8-7-9-22(17-20)38-2)34(30(37)29(26)36)31-32-24-15-14-23(39-3)18-25(24)33-31/h7-15,17-18,27,35H,4-6,16H2,1-3H3,(H,32,33)/b28-26+. The van der Waals surface area contributed by atoms with Gasteiger partial charge in [0.2, 0.25) is 5.95 Å². The Morgan fingerprint density at radius 3 is 2.40 bits per heavy atom. The number of H-pyrrole nitrogens is 1. The maximum absolute atomic E-state index is 13.5. The monoisotopic (exact) mass is 541 g/mol. The van der Waals surface area contributed by atoms with E-state index in [1.807, 2.05) is 0 Å². The third-order valence-corrected chi connectivity index (χ3v) is 6.90. The summed E-state index contributed by atoms with van der Waals surface area (Å²) in [5.41, 5.74) is 2.15. The van der Waals surface area contributed by atoms with E-state index in [1.165, 1.54) is 12.0 Å². The second-order valence-electron chi connectivity index (χ2n) is 9.47. The largest absolute Gasteiger partial charge is 0.507 e. The van der Waals surface area contributed by atoms with Crippen LogP contribution in [-0.2, 0) is 9.59 Å². The zero-order valence-corrected chi connectivity index (χ0v) is 22.6. The molecule has 2 heterocycles. The van der Waals surface area contributed by atoms with Crippen LogP contribution in [-0.4, -0.2) is 47.6 Å². The third-order valence-electron chi connectivity index (χ3n) is 6.90. The number of aromatic nitrogens is 2. The maximum Gasteiger partial charge on any atom is 0.302 e. The molecule has 1 aliphatic rings. The Labute approximate surface area is 232 Å². The summed E-state index contributed by atoms with van der Waals surface area (Å²) < 4.78 is 16.5. The summed E-state index contributed by atoms with van der Waals surface area (Å²) in [7, 11) is 3.10. The molecule has 5 rings (SSSR count). The van der Waals surface area contributed by atoms with Gasteiger partial charge in [0, 0.05) is 11.6 Å². The van der Waals surface area contributed by atoms with Crippen LogP contribution in [0.3, 0.4) is 0 Å². The highest BCUT2D eigenvalue weighted by Crippen LogP contribution is 2.42. The van der Waals surface area contributed by atoms with E-state index in [0.717, 1.165) is 19.3 Å². The number of aromatic amines is 1. The molecule has 1 atom stereocenters. The number of carbonyl (C=O) groups is 2. The summed E-state index contributed by atoms with van der Waals surface area (Å²) in [5, 5.41) is 11.4. The number of unbranched alkanes of at least 4 members (excludes halogenated alkanes) is 2. The summed E-state index contributed by atoms with van der Waals surface area (Å²) in [6.07, 6.45) is 3.14. The summed E-state index contributed by atoms with van der Waals surface area (Å²) in [5.74, 6) is 0.0839. The van der Waals surface area contributed by atoms with Crippen molar-refractivity contribution in [3.05, 3.63) is 83.4 Å². The Bertz CT molecular complexity index is 1570. The highest BCUT2D eigenvalue weighted by Gasteiger charge is 2.48. The molecular formula is C31H31N3O6. The number of hydrogen-bond donors (Lipinski definition) is 2. The van der Waals surface area contributed by atoms with Crippen LogP contribution in [0, 0.1) is 0 Å². The fourth-order valence-corrected chi connectivity index (χ4v) is 4.80.